The summed E-state index contributed by atoms with van der Waals surface area (Å²) in [7, 11) is -3.45. The fraction of sp³-hybridized carbons (Fsp3) is 0.556. The maximum Gasteiger partial charge on any atom is 0.209 e. The highest BCUT2D eigenvalue weighted by atomic mass is 32.2. The molecular weight excluding hydrogens is 200 g/mol. The van der Waals surface area contributed by atoms with E-state index in [-0.39, 0.29) is 17.1 Å². The summed E-state index contributed by atoms with van der Waals surface area (Å²) >= 11 is 0. The molecule has 2 unspecified atom stereocenters. The van der Waals surface area contributed by atoms with Gasteiger partial charge in [0.15, 0.2) is 0 Å². The number of allylic oxidation sites excluding steroid dienone is 3. The molecule has 4 N–H and O–H groups in total. The summed E-state index contributed by atoms with van der Waals surface area (Å²) in [6.07, 6.45) is 7.49. The van der Waals surface area contributed by atoms with Crippen LogP contribution in [-0.4, -0.2) is 20.7 Å². The number of nitrogens with two attached hydrogens (primary N) is 2. The van der Waals surface area contributed by atoms with E-state index in [4.69, 9.17) is 10.9 Å². The van der Waals surface area contributed by atoms with Crippen LogP contribution in [0.2, 0.25) is 0 Å². The summed E-state index contributed by atoms with van der Waals surface area (Å²) < 4.78 is 22.0. The zero-order valence-electron chi connectivity index (χ0n) is 8.18. The third-order valence-electron chi connectivity index (χ3n) is 2.63. The second-order valence-electron chi connectivity index (χ2n) is 3.89. The minimum absolute atomic E-state index is 0.0540. The van der Waals surface area contributed by atoms with Gasteiger partial charge in [0.2, 0.25) is 10.0 Å². The molecule has 0 fully saturated rings. The smallest absolute Gasteiger partial charge is 0.209 e. The van der Waals surface area contributed by atoms with Crippen molar-refractivity contribution in [1.29, 1.82) is 0 Å². The predicted molar refractivity (Wildman–Crippen MR) is 56.9 cm³/mol. The lowest BCUT2D eigenvalue weighted by molar-refractivity contribution is 0.337. The van der Waals surface area contributed by atoms with Crippen LogP contribution in [0, 0.1) is 11.3 Å². The first-order chi connectivity index (χ1) is 6.37. The minimum Gasteiger partial charge on any atom is -0.330 e. The Balaban J connectivity index is 2.87. The first kappa shape index (κ1) is 11.4. The predicted octanol–water partition coefficient (Wildman–Crippen LogP) is -0.0179. The minimum atomic E-state index is -3.45. The van der Waals surface area contributed by atoms with Crippen molar-refractivity contribution in [3.05, 3.63) is 24.3 Å². The molecule has 2 atom stereocenters. The topological polar surface area (TPSA) is 86.2 Å². The largest absolute Gasteiger partial charge is 0.330 e. The lowest BCUT2D eigenvalue weighted by Crippen LogP contribution is -2.38. The van der Waals surface area contributed by atoms with Gasteiger partial charge in [-0.15, -0.1) is 0 Å². The first-order valence-corrected chi connectivity index (χ1v) is 6.15. The van der Waals surface area contributed by atoms with Crippen molar-refractivity contribution in [2.45, 2.75) is 6.92 Å². The maximum atomic E-state index is 11.0. The highest BCUT2D eigenvalue weighted by Gasteiger charge is 2.32. The van der Waals surface area contributed by atoms with E-state index in [1.54, 1.807) is 0 Å². The van der Waals surface area contributed by atoms with Crippen molar-refractivity contribution in [3.63, 3.8) is 0 Å². The number of hydrogen-bond donors (Lipinski definition) is 2. The highest BCUT2D eigenvalue weighted by molar-refractivity contribution is 7.89. The molecule has 0 radical (unpaired) electrons. The lowest BCUT2D eigenvalue weighted by atomic mass is 9.75. The normalized spacial score (nSPS) is 32.1. The Kier molecular flexibility index (Phi) is 3.14. The average molecular weight is 216 g/mol. The van der Waals surface area contributed by atoms with Gasteiger partial charge in [0.05, 0.1) is 5.75 Å². The molecule has 1 aliphatic rings. The molecule has 0 amide bonds. The van der Waals surface area contributed by atoms with E-state index in [1.165, 1.54) is 0 Å². The SMILES string of the molecule is CC1(CN)C=CC=CC1CS(N)(=O)=O. The highest BCUT2D eigenvalue weighted by Crippen LogP contribution is 2.32. The van der Waals surface area contributed by atoms with Gasteiger partial charge < -0.3 is 5.73 Å². The molecule has 0 bridgehead atoms. The molecule has 4 nitrogen and oxygen atoms in total. The average Bonchev–Trinajstić information content (AvgIpc) is 2.07. The van der Waals surface area contributed by atoms with Crippen molar-refractivity contribution in [2.24, 2.45) is 22.2 Å². The van der Waals surface area contributed by atoms with Crippen LogP contribution in [0.25, 0.3) is 0 Å². The number of primary sulfonamides is 1. The Morgan fingerprint density at radius 3 is 2.57 bits per heavy atom. The third kappa shape index (κ3) is 2.67. The molecule has 0 aromatic rings. The van der Waals surface area contributed by atoms with Gasteiger partial charge in [0.1, 0.15) is 0 Å². The molecule has 0 aliphatic heterocycles. The summed E-state index contributed by atoms with van der Waals surface area (Å²) in [5.74, 6) is -0.186. The van der Waals surface area contributed by atoms with Gasteiger partial charge >= 0.3 is 0 Å². The third-order valence-corrected chi connectivity index (χ3v) is 3.45. The summed E-state index contributed by atoms with van der Waals surface area (Å²) in [4.78, 5) is 0. The van der Waals surface area contributed by atoms with Crippen molar-refractivity contribution in [3.8, 4) is 0 Å². The van der Waals surface area contributed by atoms with E-state index in [0.717, 1.165) is 0 Å². The van der Waals surface area contributed by atoms with Crippen LogP contribution in [-0.2, 0) is 10.0 Å². The van der Waals surface area contributed by atoms with Gasteiger partial charge in [-0.2, -0.15) is 0 Å². The lowest BCUT2D eigenvalue weighted by Gasteiger charge is -2.33. The second-order valence-corrected chi connectivity index (χ2v) is 5.55. The van der Waals surface area contributed by atoms with Crippen LogP contribution >= 0.6 is 0 Å². The Hall–Kier alpha value is -0.650. The van der Waals surface area contributed by atoms with Gasteiger partial charge in [-0.05, 0) is 0 Å². The summed E-state index contributed by atoms with van der Waals surface area (Å²) in [6.45, 7) is 2.34. The van der Waals surface area contributed by atoms with Gasteiger partial charge in [-0.25, -0.2) is 13.6 Å². The van der Waals surface area contributed by atoms with Crippen molar-refractivity contribution < 1.29 is 8.42 Å². The summed E-state index contributed by atoms with van der Waals surface area (Å²) in [5.41, 5.74) is 5.32. The monoisotopic (exact) mass is 216 g/mol. The van der Waals surface area contributed by atoms with E-state index < -0.39 is 10.0 Å². The van der Waals surface area contributed by atoms with Crippen LogP contribution in [0.5, 0.6) is 0 Å². The maximum absolute atomic E-state index is 11.0. The Morgan fingerprint density at radius 1 is 1.43 bits per heavy atom. The zero-order valence-corrected chi connectivity index (χ0v) is 9.00. The van der Waals surface area contributed by atoms with E-state index >= 15 is 0 Å². The molecular formula is C9H16N2O2S. The van der Waals surface area contributed by atoms with E-state index in [2.05, 4.69) is 0 Å². The second kappa shape index (κ2) is 3.84. The zero-order chi connectivity index (χ0) is 10.8. The molecule has 0 heterocycles. The molecule has 14 heavy (non-hydrogen) atoms. The summed E-state index contributed by atoms with van der Waals surface area (Å²) in [5, 5.41) is 5.02. The summed E-state index contributed by atoms with van der Waals surface area (Å²) in [6, 6.07) is 0. The molecule has 1 rings (SSSR count). The van der Waals surface area contributed by atoms with E-state index in [0.29, 0.717) is 6.54 Å². The Morgan fingerprint density at radius 2 is 2.07 bits per heavy atom. The number of sulfonamides is 1. The molecule has 1 aliphatic carbocycles. The molecule has 0 aromatic carbocycles. The van der Waals surface area contributed by atoms with Crippen molar-refractivity contribution >= 4 is 10.0 Å². The van der Waals surface area contributed by atoms with Crippen LogP contribution in [0.4, 0.5) is 0 Å². The molecule has 0 spiro atoms. The van der Waals surface area contributed by atoms with Gasteiger partial charge in [0.25, 0.3) is 0 Å². The molecule has 80 valence electrons. The van der Waals surface area contributed by atoms with Crippen LogP contribution < -0.4 is 10.9 Å². The van der Waals surface area contributed by atoms with E-state index in [9.17, 15) is 8.42 Å². The molecule has 0 saturated carbocycles. The fourth-order valence-corrected chi connectivity index (χ4v) is 2.53. The Labute approximate surface area is 84.7 Å². The molecule has 5 heteroatoms. The Bertz CT molecular complexity index is 359. The molecule has 0 aromatic heterocycles. The van der Waals surface area contributed by atoms with Crippen LogP contribution in [0.15, 0.2) is 24.3 Å². The van der Waals surface area contributed by atoms with Crippen molar-refractivity contribution in [2.75, 3.05) is 12.3 Å². The first-order valence-electron chi connectivity index (χ1n) is 4.44. The van der Waals surface area contributed by atoms with Crippen molar-refractivity contribution in [1.82, 2.24) is 0 Å². The number of rotatable bonds is 3. The van der Waals surface area contributed by atoms with E-state index in [1.807, 2.05) is 31.2 Å². The van der Waals surface area contributed by atoms with Gasteiger partial charge in [-0.1, -0.05) is 31.2 Å². The fourth-order valence-electron chi connectivity index (χ4n) is 1.53. The number of hydrogen-bond acceptors (Lipinski definition) is 3. The van der Waals surface area contributed by atoms with Gasteiger partial charge in [0, 0.05) is 17.9 Å². The quantitative estimate of drug-likeness (QED) is 0.695. The molecule has 0 saturated heterocycles. The van der Waals surface area contributed by atoms with Crippen LogP contribution in [0.3, 0.4) is 0 Å². The van der Waals surface area contributed by atoms with Crippen LogP contribution in [0.1, 0.15) is 6.92 Å². The standard InChI is InChI=1S/C9H16N2O2S/c1-9(7-10)5-3-2-4-8(9)6-14(11,12)13/h2-5,8H,6-7,10H2,1H3,(H2,11,12,13). The van der Waals surface area contributed by atoms with Gasteiger partial charge in [-0.3, -0.25) is 0 Å².